The molecular formula is C29H35N5O4. The van der Waals surface area contributed by atoms with Gasteiger partial charge in [0.2, 0.25) is 5.78 Å². The summed E-state index contributed by atoms with van der Waals surface area (Å²) in [5, 5.41) is 8.12. The van der Waals surface area contributed by atoms with E-state index in [2.05, 4.69) is 24.3 Å². The molecule has 200 valence electrons. The molecule has 1 fully saturated rings. The summed E-state index contributed by atoms with van der Waals surface area (Å²) in [6.45, 7) is 4.84. The van der Waals surface area contributed by atoms with Crippen LogP contribution in [0.2, 0.25) is 0 Å². The van der Waals surface area contributed by atoms with Crippen molar-refractivity contribution < 1.29 is 9.53 Å². The number of ether oxygens (including phenoxy) is 1. The molecule has 0 radical (unpaired) electrons. The summed E-state index contributed by atoms with van der Waals surface area (Å²) in [4.78, 5) is 40.4. The van der Waals surface area contributed by atoms with Gasteiger partial charge in [-0.2, -0.15) is 0 Å². The number of nitrogens with zero attached hydrogens (tertiary/aromatic N) is 4. The van der Waals surface area contributed by atoms with Gasteiger partial charge in [0.05, 0.1) is 24.6 Å². The van der Waals surface area contributed by atoms with Crippen LogP contribution in [-0.4, -0.2) is 37.8 Å². The van der Waals surface area contributed by atoms with Crippen LogP contribution >= 0.6 is 0 Å². The Morgan fingerprint density at radius 2 is 1.89 bits per heavy atom. The summed E-state index contributed by atoms with van der Waals surface area (Å²) in [5.74, 6) is 1.15. The van der Waals surface area contributed by atoms with Gasteiger partial charge in [0.1, 0.15) is 5.75 Å². The fourth-order valence-corrected chi connectivity index (χ4v) is 5.21. The van der Waals surface area contributed by atoms with E-state index in [-0.39, 0.29) is 35.5 Å². The second-order valence-corrected chi connectivity index (χ2v) is 10.6. The molecule has 1 aliphatic rings. The number of rotatable bonds is 8. The van der Waals surface area contributed by atoms with Crippen molar-refractivity contribution in [2.45, 2.75) is 71.5 Å². The van der Waals surface area contributed by atoms with Crippen molar-refractivity contribution >= 4 is 22.6 Å². The Morgan fingerprint density at radius 3 is 2.63 bits per heavy atom. The predicted molar refractivity (Wildman–Crippen MR) is 147 cm³/mol. The number of fused-ring (bicyclic) bond motifs is 3. The van der Waals surface area contributed by atoms with Gasteiger partial charge in [-0.05, 0) is 61.1 Å². The molecule has 9 heteroatoms. The van der Waals surface area contributed by atoms with Gasteiger partial charge in [0, 0.05) is 18.2 Å². The van der Waals surface area contributed by atoms with E-state index in [1.54, 1.807) is 29.9 Å². The van der Waals surface area contributed by atoms with Crippen LogP contribution in [-0.2, 0) is 13.1 Å². The molecule has 2 aromatic carbocycles. The maximum absolute atomic E-state index is 13.7. The number of nitrogens with one attached hydrogen (secondary N) is 1. The van der Waals surface area contributed by atoms with Crippen molar-refractivity contribution in [2.24, 2.45) is 5.92 Å². The molecule has 5 rings (SSSR count). The van der Waals surface area contributed by atoms with Crippen LogP contribution in [0.5, 0.6) is 5.75 Å². The highest BCUT2D eigenvalue weighted by Crippen LogP contribution is 2.20. The van der Waals surface area contributed by atoms with E-state index in [1.807, 2.05) is 24.3 Å². The van der Waals surface area contributed by atoms with E-state index in [0.29, 0.717) is 34.7 Å². The summed E-state index contributed by atoms with van der Waals surface area (Å²) >= 11 is 0. The Morgan fingerprint density at radius 1 is 1.11 bits per heavy atom. The van der Waals surface area contributed by atoms with Gasteiger partial charge in [-0.15, -0.1) is 5.10 Å². The molecular weight excluding hydrogens is 482 g/mol. The molecule has 1 amide bonds. The van der Waals surface area contributed by atoms with Gasteiger partial charge in [0.25, 0.3) is 11.5 Å². The highest BCUT2D eigenvalue weighted by Gasteiger charge is 2.21. The van der Waals surface area contributed by atoms with Gasteiger partial charge in [-0.3, -0.25) is 14.2 Å². The molecule has 9 nitrogen and oxygen atoms in total. The first-order valence-electron chi connectivity index (χ1n) is 13.5. The minimum Gasteiger partial charge on any atom is -0.497 e. The lowest BCUT2D eigenvalue weighted by atomic mass is 9.95. The third-order valence-electron chi connectivity index (χ3n) is 7.38. The number of amides is 1. The maximum Gasteiger partial charge on any atom is 0.352 e. The third-order valence-corrected chi connectivity index (χ3v) is 7.38. The highest BCUT2D eigenvalue weighted by atomic mass is 16.5. The number of methoxy groups -OCH3 is 1. The second-order valence-electron chi connectivity index (χ2n) is 10.6. The first-order chi connectivity index (χ1) is 18.4. The van der Waals surface area contributed by atoms with E-state index in [1.165, 1.54) is 15.5 Å². The van der Waals surface area contributed by atoms with E-state index < -0.39 is 0 Å². The van der Waals surface area contributed by atoms with Crippen molar-refractivity contribution in [3.05, 3.63) is 74.4 Å². The number of benzene rings is 2. The van der Waals surface area contributed by atoms with Crippen LogP contribution in [0.1, 0.15) is 68.3 Å². The molecule has 0 unspecified atom stereocenters. The molecule has 1 saturated carbocycles. The number of hydrogen-bond acceptors (Lipinski definition) is 5. The molecule has 2 aromatic heterocycles. The minimum absolute atomic E-state index is 0.157. The zero-order valence-corrected chi connectivity index (χ0v) is 22.3. The van der Waals surface area contributed by atoms with Gasteiger partial charge >= 0.3 is 5.69 Å². The Hall–Kier alpha value is -3.88. The monoisotopic (exact) mass is 517 g/mol. The fraction of sp³-hybridized carbons (Fsp3) is 0.448. The number of aromatic nitrogens is 4. The topological polar surface area (TPSA) is 99.6 Å². The van der Waals surface area contributed by atoms with Crippen LogP contribution in [0.25, 0.3) is 16.7 Å². The Labute approximate surface area is 221 Å². The highest BCUT2D eigenvalue weighted by molar-refractivity contribution is 5.98. The minimum atomic E-state index is -0.365. The van der Waals surface area contributed by atoms with E-state index in [4.69, 9.17) is 4.74 Å². The number of carbonyl (C=O) groups is 1. The quantitative estimate of drug-likeness (QED) is 0.381. The third kappa shape index (κ3) is 5.10. The van der Waals surface area contributed by atoms with Crippen molar-refractivity contribution in [3.63, 3.8) is 0 Å². The average Bonchev–Trinajstić information content (AvgIpc) is 3.24. The molecule has 0 spiro atoms. The van der Waals surface area contributed by atoms with Crippen LogP contribution in [0.15, 0.2) is 52.1 Å². The Bertz CT molecular complexity index is 1590. The smallest absolute Gasteiger partial charge is 0.352 e. The predicted octanol–water partition coefficient (Wildman–Crippen LogP) is 3.98. The van der Waals surface area contributed by atoms with E-state index in [9.17, 15) is 14.4 Å². The normalized spacial score (nSPS) is 14.4. The zero-order valence-electron chi connectivity index (χ0n) is 22.3. The Kier molecular flexibility index (Phi) is 7.35. The molecule has 0 aliphatic heterocycles. The molecule has 0 saturated heterocycles. The SMILES string of the molecule is COc1cccc(Cn2nc3n(CCC(C)C)c(=O)c4ccc(C(=O)NC5CCCCC5)cc4n3c2=O)c1. The van der Waals surface area contributed by atoms with Gasteiger partial charge in [-0.25, -0.2) is 13.9 Å². The molecule has 0 atom stereocenters. The van der Waals surface area contributed by atoms with Crippen molar-refractivity contribution in [2.75, 3.05) is 7.11 Å². The molecule has 1 N–H and O–H groups in total. The zero-order chi connectivity index (χ0) is 26.8. The molecule has 4 aromatic rings. The van der Waals surface area contributed by atoms with Crippen molar-refractivity contribution in [1.82, 2.24) is 24.1 Å². The van der Waals surface area contributed by atoms with Gasteiger partial charge < -0.3 is 10.1 Å². The van der Waals surface area contributed by atoms with Gasteiger partial charge in [-0.1, -0.05) is 45.2 Å². The molecule has 2 heterocycles. The molecule has 1 aliphatic carbocycles. The lowest BCUT2D eigenvalue weighted by Crippen LogP contribution is -2.36. The lowest BCUT2D eigenvalue weighted by Gasteiger charge is -2.22. The van der Waals surface area contributed by atoms with Crippen LogP contribution < -0.4 is 21.3 Å². The van der Waals surface area contributed by atoms with Crippen molar-refractivity contribution in [1.29, 1.82) is 0 Å². The summed E-state index contributed by atoms with van der Waals surface area (Å²) in [7, 11) is 1.59. The standard InChI is InChI=1S/C29H35N5O4/c1-19(2)14-15-32-27(36)24-13-12-21(26(35)30-22-9-5-4-6-10-22)17-25(24)34-28(32)31-33(29(34)37)18-20-8-7-11-23(16-20)38-3/h7-8,11-13,16-17,19,22H,4-6,9-10,14-15,18H2,1-3H3,(H,30,35). The second kappa shape index (κ2) is 10.8. The average molecular weight is 518 g/mol. The number of hydrogen-bond donors (Lipinski definition) is 1. The molecule has 0 bridgehead atoms. The fourth-order valence-electron chi connectivity index (χ4n) is 5.21. The summed E-state index contributed by atoms with van der Waals surface area (Å²) < 4.78 is 9.73. The molecule has 38 heavy (non-hydrogen) atoms. The Balaban J connectivity index is 1.63. The first kappa shape index (κ1) is 25.8. The van der Waals surface area contributed by atoms with Gasteiger partial charge in [0.15, 0.2) is 0 Å². The summed E-state index contributed by atoms with van der Waals surface area (Å²) in [6, 6.07) is 12.6. The summed E-state index contributed by atoms with van der Waals surface area (Å²) in [5.41, 5.74) is 1.09. The van der Waals surface area contributed by atoms with E-state index >= 15 is 0 Å². The first-order valence-corrected chi connectivity index (χ1v) is 13.5. The van der Waals surface area contributed by atoms with Crippen LogP contribution in [0.3, 0.4) is 0 Å². The summed E-state index contributed by atoms with van der Waals surface area (Å²) in [6.07, 6.45) is 6.13. The maximum atomic E-state index is 13.7. The number of carbonyl (C=O) groups excluding carboxylic acids is 1. The largest absolute Gasteiger partial charge is 0.497 e. The van der Waals surface area contributed by atoms with Crippen molar-refractivity contribution in [3.8, 4) is 5.75 Å². The van der Waals surface area contributed by atoms with Crippen LogP contribution in [0, 0.1) is 5.92 Å². The number of aryl methyl sites for hydroxylation is 1. The van der Waals surface area contributed by atoms with E-state index in [0.717, 1.165) is 37.7 Å². The lowest BCUT2D eigenvalue weighted by molar-refractivity contribution is 0.0928. The van der Waals surface area contributed by atoms with Crippen LogP contribution in [0.4, 0.5) is 0 Å².